The lowest BCUT2D eigenvalue weighted by molar-refractivity contribution is -0.00540. The average molecular weight is 406 g/mol. The van der Waals surface area contributed by atoms with Crippen molar-refractivity contribution in [3.63, 3.8) is 0 Å². The molecule has 1 saturated carbocycles. The van der Waals surface area contributed by atoms with E-state index in [4.69, 9.17) is 9.72 Å². The van der Waals surface area contributed by atoms with Crippen molar-refractivity contribution in [2.75, 3.05) is 0 Å². The van der Waals surface area contributed by atoms with Gasteiger partial charge in [-0.1, -0.05) is 15.9 Å². The molecule has 1 aliphatic carbocycles. The van der Waals surface area contributed by atoms with Gasteiger partial charge in [-0.2, -0.15) is 0 Å². The number of benzene rings is 1. The maximum Gasteiger partial charge on any atom is 0.411 e. The highest BCUT2D eigenvalue weighted by Gasteiger charge is 2.45. The van der Waals surface area contributed by atoms with Gasteiger partial charge in [0.05, 0.1) is 17.1 Å². The number of fused-ring (bicyclic) bond motifs is 3. The zero-order valence-corrected chi connectivity index (χ0v) is 16.5. The molecule has 1 saturated heterocycles. The maximum atomic E-state index is 12.9. The predicted octanol–water partition coefficient (Wildman–Crippen LogP) is 5.18. The lowest BCUT2D eigenvalue weighted by atomic mass is 9.92. The Morgan fingerprint density at radius 3 is 2.88 bits per heavy atom. The third-order valence-electron chi connectivity index (χ3n) is 5.18. The van der Waals surface area contributed by atoms with Crippen LogP contribution in [-0.4, -0.2) is 32.6 Å². The molecule has 6 heteroatoms. The molecular weight excluding hydrogens is 382 g/mol. The molecule has 2 heterocycles. The number of nitrogens with zero attached hydrogens (tertiary/aromatic N) is 2. The van der Waals surface area contributed by atoms with E-state index in [-0.39, 0.29) is 18.2 Å². The van der Waals surface area contributed by atoms with Gasteiger partial charge in [-0.05, 0) is 70.6 Å². The van der Waals surface area contributed by atoms with E-state index < -0.39 is 5.60 Å². The number of halogens is 1. The molecule has 1 aromatic carbocycles. The SMILES string of the molecule is CC(C)(C)OC(=O)N1C2CCC(C2)CC1c1nc2ccc(Br)cc2[nH]1. The first-order chi connectivity index (χ1) is 11.8. The number of nitrogens with one attached hydrogen (secondary N) is 1. The van der Waals surface area contributed by atoms with E-state index in [2.05, 4.69) is 20.9 Å². The molecule has 4 rings (SSSR count). The Morgan fingerprint density at radius 2 is 2.12 bits per heavy atom. The Balaban J connectivity index is 1.70. The van der Waals surface area contributed by atoms with E-state index in [1.54, 1.807) is 0 Å². The molecular formula is C19H24BrN3O2. The molecule has 25 heavy (non-hydrogen) atoms. The second-order valence-electron chi connectivity index (χ2n) is 8.26. The highest BCUT2D eigenvalue weighted by molar-refractivity contribution is 9.10. The van der Waals surface area contributed by atoms with Gasteiger partial charge in [0.2, 0.25) is 0 Å². The monoisotopic (exact) mass is 405 g/mol. The summed E-state index contributed by atoms with van der Waals surface area (Å²) in [5, 5.41) is 0. The number of aromatic nitrogens is 2. The Kier molecular flexibility index (Phi) is 4.06. The smallest absolute Gasteiger partial charge is 0.411 e. The van der Waals surface area contributed by atoms with Crippen molar-refractivity contribution in [3.05, 3.63) is 28.5 Å². The third-order valence-corrected chi connectivity index (χ3v) is 5.67. The van der Waals surface area contributed by atoms with Crippen LogP contribution in [0.5, 0.6) is 0 Å². The fourth-order valence-electron chi connectivity index (χ4n) is 4.19. The molecule has 2 bridgehead atoms. The molecule has 3 unspecified atom stereocenters. The molecule has 1 aliphatic heterocycles. The van der Waals surface area contributed by atoms with Crippen LogP contribution in [0.1, 0.15) is 58.3 Å². The topological polar surface area (TPSA) is 58.2 Å². The van der Waals surface area contributed by atoms with Crippen LogP contribution in [0.4, 0.5) is 4.79 Å². The van der Waals surface area contributed by atoms with Crippen LogP contribution >= 0.6 is 15.9 Å². The lowest BCUT2D eigenvalue weighted by Gasteiger charge is -2.40. The molecule has 1 N–H and O–H groups in total. The molecule has 0 radical (unpaired) electrons. The summed E-state index contributed by atoms with van der Waals surface area (Å²) in [6.07, 6.45) is 4.07. The van der Waals surface area contributed by atoms with Crippen LogP contribution in [0.25, 0.3) is 11.0 Å². The minimum absolute atomic E-state index is 0.0349. The number of ether oxygens (including phenoxy) is 1. The average Bonchev–Trinajstić information content (AvgIpc) is 3.08. The zero-order chi connectivity index (χ0) is 17.8. The number of rotatable bonds is 1. The number of carbonyl (C=O) groups excluding carboxylic acids is 1. The van der Waals surface area contributed by atoms with Gasteiger partial charge in [0.25, 0.3) is 0 Å². The number of piperidine rings is 1. The lowest BCUT2D eigenvalue weighted by Crippen LogP contribution is -2.47. The molecule has 2 fully saturated rings. The molecule has 5 nitrogen and oxygen atoms in total. The van der Waals surface area contributed by atoms with Gasteiger partial charge in [0.15, 0.2) is 0 Å². The Bertz CT molecular complexity index is 811. The first-order valence-electron chi connectivity index (χ1n) is 8.96. The second kappa shape index (κ2) is 6.01. The Morgan fingerprint density at radius 1 is 1.32 bits per heavy atom. The summed E-state index contributed by atoms with van der Waals surface area (Å²) in [5.74, 6) is 1.55. The fourth-order valence-corrected chi connectivity index (χ4v) is 4.55. The number of imidazole rings is 1. The summed E-state index contributed by atoms with van der Waals surface area (Å²) in [5.41, 5.74) is 1.43. The minimum atomic E-state index is -0.490. The first-order valence-corrected chi connectivity index (χ1v) is 9.76. The van der Waals surface area contributed by atoms with Crippen LogP contribution in [0.3, 0.4) is 0 Å². The molecule has 2 aromatic rings. The van der Waals surface area contributed by atoms with Crippen molar-refractivity contribution in [2.45, 2.75) is 64.1 Å². The van der Waals surface area contributed by atoms with Crippen molar-refractivity contribution in [3.8, 4) is 0 Å². The summed E-state index contributed by atoms with van der Waals surface area (Å²) in [6.45, 7) is 5.75. The number of H-pyrrole nitrogens is 1. The summed E-state index contributed by atoms with van der Waals surface area (Å²) in [6, 6.07) is 6.24. The van der Waals surface area contributed by atoms with Gasteiger partial charge >= 0.3 is 6.09 Å². The van der Waals surface area contributed by atoms with Crippen LogP contribution in [0, 0.1) is 5.92 Å². The highest BCUT2D eigenvalue weighted by Crippen LogP contribution is 2.46. The standard InChI is InChI=1S/C19H24BrN3O2/c1-19(2,3)25-18(24)23-13-6-4-11(8-13)9-16(23)17-21-14-7-5-12(20)10-15(14)22-17/h5,7,10-11,13,16H,4,6,8-9H2,1-3H3,(H,21,22). The Hall–Kier alpha value is -1.56. The molecule has 134 valence electrons. The summed E-state index contributed by atoms with van der Waals surface area (Å²) >= 11 is 3.50. The third kappa shape index (κ3) is 3.28. The first kappa shape index (κ1) is 16.9. The second-order valence-corrected chi connectivity index (χ2v) is 9.17. The van der Waals surface area contributed by atoms with Crippen molar-refractivity contribution >= 4 is 33.1 Å². The molecule has 0 spiro atoms. The van der Waals surface area contributed by atoms with Crippen molar-refractivity contribution in [1.82, 2.24) is 14.9 Å². The summed E-state index contributed by atoms with van der Waals surface area (Å²) in [4.78, 5) is 23.1. The van der Waals surface area contributed by atoms with Gasteiger partial charge in [-0.3, -0.25) is 4.90 Å². The molecule has 2 aliphatic rings. The maximum absolute atomic E-state index is 12.9. The number of amides is 1. The van der Waals surface area contributed by atoms with E-state index in [0.29, 0.717) is 5.92 Å². The van der Waals surface area contributed by atoms with Gasteiger partial charge in [-0.15, -0.1) is 0 Å². The van der Waals surface area contributed by atoms with Gasteiger partial charge in [0.1, 0.15) is 11.4 Å². The molecule has 1 amide bonds. The number of hydrogen-bond donors (Lipinski definition) is 1. The fraction of sp³-hybridized carbons (Fsp3) is 0.579. The number of hydrogen-bond acceptors (Lipinski definition) is 3. The largest absolute Gasteiger partial charge is 0.444 e. The van der Waals surface area contributed by atoms with E-state index in [1.165, 1.54) is 6.42 Å². The predicted molar refractivity (Wildman–Crippen MR) is 100 cm³/mol. The highest BCUT2D eigenvalue weighted by atomic mass is 79.9. The Labute approximate surface area is 156 Å². The summed E-state index contributed by atoms with van der Waals surface area (Å²) < 4.78 is 6.73. The summed E-state index contributed by atoms with van der Waals surface area (Å²) in [7, 11) is 0. The van der Waals surface area contributed by atoms with Gasteiger partial charge < -0.3 is 9.72 Å². The quantitative estimate of drug-likeness (QED) is 0.710. The number of aromatic amines is 1. The van der Waals surface area contributed by atoms with Gasteiger partial charge in [0, 0.05) is 10.5 Å². The zero-order valence-electron chi connectivity index (χ0n) is 14.9. The van der Waals surface area contributed by atoms with Crippen LogP contribution in [-0.2, 0) is 4.74 Å². The number of likely N-dealkylation sites (tertiary alicyclic amines) is 1. The van der Waals surface area contributed by atoms with Crippen LogP contribution in [0.2, 0.25) is 0 Å². The minimum Gasteiger partial charge on any atom is -0.444 e. The number of carbonyl (C=O) groups is 1. The van der Waals surface area contributed by atoms with Crippen molar-refractivity contribution < 1.29 is 9.53 Å². The van der Waals surface area contributed by atoms with E-state index >= 15 is 0 Å². The van der Waals surface area contributed by atoms with Crippen LogP contribution < -0.4 is 0 Å². The van der Waals surface area contributed by atoms with Crippen molar-refractivity contribution in [2.24, 2.45) is 5.92 Å². The normalized spacial score (nSPS) is 26.2. The van der Waals surface area contributed by atoms with Crippen molar-refractivity contribution in [1.29, 1.82) is 0 Å². The van der Waals surface area contributed by atoms with Gasteiger partial charge in [-0.25, -0.2) is 9.78 Å². The van der Waals surface area contributed by atoms with Crippen LogP contribution in [0.15, 0.2) is 22.7 Å². The van der Waals surface area contributed by atoms with E-state index in [0.717, 1.165) is 40.6 Å². The van der Waals surface area contributed by atoms with E-state index in [9.17, 15) is 4.79 Å². The molecule has 1 aromatic heterocycles. The van der Waals surface area contributed by atoms with E-state index in [1.807, 2.05) is 43.9 Å². The molecule has 3 atom stereocenters.